The fraction of sp³-hybridized carbons (Fsp3) is 0.130. The fourth-order valence-electron chi connectivity index (χ4n) is 3.62. The molecule has 1 heterocycles. The molecular formula is C23H18N2O3. The Hall–Kier alpha value is -3.60. The number of benzene rings is 3. The van der Waals surface area contributed by atoms with Crippen molar-refractivity contribution in [2.45, 2.75) is 0 Å². The van der Waals surface area contributed by atoms with Gasteiger partial charge in [-0.25, -0.2) is 0 Å². The van der Waals surface area contributed by atoms with Gasteiger partial charge in [-0.3, -0.25) is 0 Å². The van der Waals surface area contributed by atoms with Gasteiger partial charge in [-0.15, -0.1) is 5.10 Å². The summed E-state index contributed by atoms with van der Waals surface area (Å²) < 4.78 is 16.7. The molecule has 1 aliphatic carbocycles. The van der Waals surface area contributed by atoms with Crippen molar-refractivity contribution in [3.05, 3.63) is 77.4 Å². The molecule has 0 atom stereocenters. The Morgan fingerprint density at radius 2 is 1.50 bits per heavy atom. The second-order valence-corrected chi connectivity index (χ2v) is 6.53. The van der Waals surface area contributed by atoms with Crippen molar-refractivity contribution in [2.24, 2.45) is 10.2 Å². The predicted octanol–water partition coefficient (Wildman–Crippen LogP) is 4.32. The summed E-state index contributed by atoms with van der Waals surface area (Å²) in [4.78, 5) is 0. The van der Waals surface area contributed by atoms with Crippen LogP contribution in [0.2, 0.25) is 0 Å². The number of nitrogens with zero attached hydrogens (tertiary/aromatic N) is 2. The highest BCUT2D eigenvalue weighted by atomic mass is 16.6. The first-order valence-corrected chi connectivity index (χ1v) is 9.13. The predicted molar refractivity (Wildman–Crippen MR) is 109 cm³/mol. The summed E-state index contributed by atoms with van der Waals surface area (Å²) in [7, 11) is 1.61. The van der Waals surface area contributed by atoms with Crippen LogP contribution in [0.25, 0.3) is 11.1 Å². The summed E-state index contributed by atoms with van der Waals surface area (Å²) in [5.74, 6) is 1.93. The van der Waals surface area contributed by atoms with E-state index in [1.165, 1.54) is 11.1 Å². The third kappa shape index (κ3) is 2.72. The lowest BCUT2D eigenvalue weighted by atomic mass is 10.1. The van der Waals surface area contributed by atoms with Gasteiger partial charge in [0.1, 0.15) is 18.9 Å². The van der Waals surface area contributed by atoms with E-state index in [4.69, 9.17) is 14.2 Å². The molecule has 0 radical (unpaired) electrons. The number of fused-ring (bicyclic) bond motifs is 4. The van der Waals surface area contributed by atoms with E-state index in [1.54, 1.807) is 13.3 Å². The minimum absolute atomic E-state index is 0.517. The average Bonchev–Trinajstić information content (AvgIpc) is 3.07. The van der Waals surface area contributed by atoms with Crippen LogP contribution in [0.15, 0.2) is 70.9 Å². The zero-order valence-electron chi connectivity index (χ0n) is 15.4. The SMILES string of the molecule is COc1cc(/C=N\N=C2c3ccccc3-c3ccccc32)cc2c1OCCO2. The zero-order valence-corrected chi connectivity index (χ0v) is 15.4. The summed E-state index contributed by atoms with van der Waals surface area (Å²) in [6.07, 6.45) is 1.71. The number of ether oxygens (including phenoxy) is 3. The maximum Gasteiger partial charge on any atom is 0.203 e. The van der Waals surface area contributed by atoms with Gasteiger partial charge in [-0.2, -0.15) is 5.10 Å². The molecule has 3 aromatic rings. The zero-order chi connectivity index (χ0) is 18.9. The molecule has 3 aromatic carbocycles. The van der Waals surface area contributed by atoms with Gasteiger partial charge >= 0.3 is 0 Å². The Bertz CT molecular complexity index is 1050. The maximum atomic E-state index is 5.68. The first kappa shape index (κ1) is 16.6. The molecule has 1 aliphatic heterocycles. The molecule has 2 aliphatic rings. The number of rotatable bonds is 3. The van der Waals surface area contributed by atoms with Gasteiger partial charge in [0.05, 0.1) is 13.3 Å². The lowest BCUT2D eigenvalue weighted by Crippen LogP contribution is -2.16. The van der Waals surface area contributed by atoms with Crippen LogP contribution in [0.3, 0.4) is 0 Å². The molecule has 0 spiro atoms. The van der Waals surface area contributed by atoms with Crippen LogP contribution < -0.4 is 14.2 Å². The largest absolute Gasteiger partial charge is 0.493 e. The highest BCUT2D eigenvalue weighted by Gasteiger charge is 2.24. The van der Waals surface area contributed by atoms with Crippen LogP contribution in [-0.4, -0.2) is 32.2 Å². The molecule has 5 nitrogen and oxygen atoms in total. The Morgan fingerprint density at radius 3 is 2.18 bits per heavy atom. The average molecular weight is 370 g/mol. The molecule has 5 rings (SSSR count). The molecular weight excluding hydrogens is 352 g/mol. The third-order valence-corrected chi connectivity index (χ3v) is 4.87. The van der Waals surface area contributed by atoms with E-state index in [-0.39, 0.29) is 0 Å². The molecule has 0 saturated carbocycles. The Balaban J connectivity index is 1.52. The second kappa shape index (κ2) is 6.85. The molecule has 0 unspecified atom stereocenters. The molecule has 0 N–H and O–H groups in total. The lowest BCUT2D eigenvalue weighted by Gasteiger charge is -2.20. The maximum absolute atomic E-state index is 5.68. The second-order valence-electron chi connectivity index (χ2n) is 6.53. The third-order valence-electron chi connectivity index (χ3n) is 4.87. The summed E-state index contributed by atoms with van der Waals surface area (Å²) in [5.41, 5.74) is 6.29. The van der Waals surface area contributed by atoms with Crippen molar-refractivity contribution in [1.82, 2.24) is 0 Å². The minimum atomic E-state index is 0.517. The van der Waals surface area contributed by atoms with Gasteiger partial charge in [-0.05, 0) is 23.3 Å². The van der Waals surface area contributed by atoms with Crippen molar-refractivity contribution in [3.63, 3.8) is 0 Å². The van der Waals surface area contributed by atoms with E-state index < -0.39 is 0 Å². The van der Waals surface area contributed by atoms with Crippen molar-refractivity contribution in [3.8, 4) is 28.4 Å². The van der Waals surface area contributed by atoms with E-state index in [2.05, 4.69) is 34.5 Å². The van der Waals surface area contributed by atoms with Gasteiger partial charge < -0.3 is 14.2 Å². The van der Waals surface area contributed by atoms with Gasteiger partial charge in [0.15, 0.2) is 11.5 Å². The standard InChI is InChI=1S/C23H18N2O3/c1-26-20-12-15(13-21-23(20)28-11-10-27-21)14-24-25-22-18-8-4-2-6-16(18)17-7-3-5-9-19(17)22/h2-9,12-14H,10-11H2,1H3/b24-14-. The van der Waals surface area contributed by atoms with Gasteiger partial charge in [0.25, 0.3) is 0 Å². The van der Waals surface area contributed by atoms with Crippen LogP contribution in [-0.2, 0) is 0 Å². The van der Waals surface area contributed by atoms with E-state index in [9.17, 15) is 0 Å². The molecule has 0 aromatic heterocycles. The van der Waals surface area contributed by atoms with Crippen molar-refractivity contribution >= 4 is 11.9 Å². The first-order chi connectivity index (χ1) is 13.8. The Morgan fingerprint density at radius 1 is 0.857 bits per heavy atom. The number of hydrogen-bond donors (Lipinski definition) is 0. The van der Waals surface area contributed by atoms with Crippen LogP contribution in [0.5, 0.6) is 17.2 Å². The molecule has 0 saturated heterocycles. The van der Waals surface area contributed by atoms with Gasteiger partial charge in [0, 0.05) is 16.7 Å². The summed E-state index contributed by atoms with van der Waals surface area (Å²) >= 11 is 0. The molecule has 5 heteroatoms. The molecule has 0 amide bonds. The smallest absolute Gasteiger partial charge is 0.203 e. The molecule has 0 bridgehead atoms. The lowest BCUT2D eigenvalue weighted by molar-refractivity contribution is 0.165. The molecule has 138 valence electrons. The van der Waals surface area contributed by atoms with Crippen LogP contribution >= 0.6 is 0 Å². The summed E-state index contributed by atoms with van der Waals surface area (Å²) in [5, 5.41) is 8.90. The van der Waals surface area contributed by atoms with E-state index in [1.807, 2.05) is 36.4 Å². The van der Waals surface area contributed by atoms with E-state index in [0.29, 0.717) is 30.5 Å². The molecule has 28 heavy (non-hydrogen) atoms. The van der Waals surface area contributed by atoms with Crippen molar-refractivity contribution in [1.29, 1.82) is 0 Å². The van der Waals surface area contributed by atoms with Crippen molar-refractivity contribution < 1.29 is 14.2 Å². The van der Waals surface area contributed by atoms with Gasteiger partial charge in [0.2, 0.25) is 5.75 Å². The fourth-order valence-corrected chi connectivity index (χ4v) is 3.62. The van der Waals surface area contributed by atoms with Crippen molar-refractivity contribution in [2.75, 3.05) is 20.3 Å². The number of methoxy groups -OCH3 is 1. The summed E-state index contributed by atoms with van der Waals surface area (Å²) in [6, 6.07) is 20.3. The quantitative estimate of drug-likeness (QED) is 0.399. The molecule has 0 fully saturated rings. The van der Waals surface area contributed by atoms with Crippen LogP contribution in [0.4, 0.5) is 0 Å². The normalized spacial score (nSPS) is 14.0. The van der Waals surface area contributed by atoms with Crippen LogP contribution in [0, 0.1) is 0 Å². The monoisotopic (exact) mass is 370 g/mol. The van der Waals surface area contributed by atoms with Gasteiger partial charge in [-0.1, -0.05) is 48.5 Å². The Labute approximate surface area is 162 Å². The first-order valence-electron chi connectivity index (χ1n) is 9.13. The summed E-state index contributed by atoms with van der Waals surface area (Å²) in [6.45, 7) is 1.04. The van der Waals surface area contributed by atoms with E-state index >= 15 is 0 Å². The highest BCUT2D eigenvalue weighted by Crippen LogP contribution is 2.40. The van der Waals surface area contributed by atoms with E-state index in [0.717, 1.165) is 22.4 Å². The minimum Gasteiger partial charge on any atom is -0.493 e. The topological polar surface area (TPSA) is 52.4 Å². The number of hydrogen-bond acceptors (Lipinski definition) is 5. The van der Waals surface area contributed by atoms with Crippen LogP contribution in [0.1, 0.15) is 16.7 Å². The highest BCUT2D eigenvalue weighted by molar-refractivity contribution is 6.24. The Kier molecular flexibility index (Phi) is 4.05.